The molecule has 0 bridgehead atoms. The molecule has 0 radical (unpaired) electrons. The van der Waals surface area contributed by atoms with E-state index in [0.29, 0.717) is 15.1 Å². The molecule has 0 aliphatic carbocycles. The normalized spacial score (nSPS) is 15.1. The number of rotatable bonds is 5. The third-order valence-corrected chi connectivity index (χ3v) is 7.99. The van der Waals surface area contributed by atoms with Crippen molar-refractivity contribution in [3.05, 3.63) is 77.1 Å². The summed E-state index contributed by atoms with van der Waals surface area (Å²) < 4.78 is 74.6. The monoisotopic (exact) mass is 565 g/mol. The van der Waals surface area contributed by atoms with E-state index in [-0.39, 0.29) is 53.8 Å². The average molecular weight is 566 g/mol. The number of hydrogen-bond acceptors (Lipinski definition) is 6. The Kier molecular flexibility index (Phi) is 6.86. The minimum atomic E-state index is -4.79. The van der Waals surface area contributed by atoms with Crippen LogP contribution in [0.4, 0.5) is 18.9 Å². The highest BCUT2D eigenvalue weighted by atomic mass is 35.5. The third kappa shape index (κ3) is 5.10. The second-order valence-corrected chi connectivity index (χ2v) is 10.7. The van der Waals surface area contributed by atoms with Crippen LogP contribution in [-0.2, 0) is 20.9 Å². The molecule has 0 unspecified atom stereocenters. The van der Waals surface area contributed by atoms with Gasteiger partial charge in [0.2, 0.25) is 10.0 Å². The summed E-state index contributed by atoms with van der Waals surface area (Å²) in [7, 11) is -3.83. The second kappa shape index (κ2) is 9.98. The molecule has 198 valence electrons. The predicted octanol–water partition coefficient (Wildman–Crippen LogP) is 4.34. The molecule has 1 amide bonds. The van der Waals surface area contributed by atoms with Crippen molar-refractivity contribution in [3.63, 3.8) is 0 Å². The zero-order chi connectivity index (χ0) is 27.1. The van der Waals surface area contributed by atoms with Crippen molar-refractivity contribution < 1.29 is 31.1 Å². The van der Waals surface area contributed by atoms with Gasteiger partial charge in [0.25, 0.3) is 5.91 Å². The van der Waals surface area contributed by atoms with Crippen LogP contribution in [0.25, 0.3) is 16.9 Å². The van der Waals surface area contributed by atoms with Gasteiger partial charge in [-0.15, -0.1) is 0 Å². The van der Waals surface area contributed by atoms with Crippen molar-refractivity contribution in [2.24, 2.45) is 0 Å². The van der Waals surface area contributed by atoms with Crippen molar-refractivity contribution in [2.75, 3.05) is 31.6 Å². The Labute approximate surface area is 219 Å². The fourth-order valence-corrected chi connectivity index (χ4v) is 5.54. The number of alkyl halides is 3. The minimum absolute atomic E-state index is 0.0327. The van der Waals surface area contributed by atoms with Crippen LogP contribution in [0, 0.1) is 0 Å². The van der Waals surface area contributed by atoms with Crippen molar-refractivity contribution in [1.29, 1.82) is 0 Å². The number of carbonyl (C=O) groups excluding carboxylic acids is 1. The molecular formula is C24H19ClF3N5O4S. The first-order chi connectivity index (χ1) is 18.0. The highest BCUT2D eigenvalue weighted by Gasteiger charge is 2.36. The lowest BCUT2D eigenvalue weighted by atomic mass is 10.1. The summed E-state index contributed by atoms with van der Waals surface area (Å²) in [5.41, 5.74) is -1.21. The number of aromatic nitrogens is 3. The van der Waals surface area contributed by atoms with Gasteiger partial charge in [-0.1, -0.05) is 29.8 Å². The predicted molar refractivity (Wildman–Crippen MR) is 132 cm³/mol. The maximum absolute atomic E-state index is 13.9. The number of anilines is 1. The molecule has 2 aromatic heterocycles. The van der Waals surface area contributed by atoms with Crippen molar-refractivity contribution >= 4 is 38.9 Å². The Morgan fingerprint density at radius 2 is 1.76 bits per heavy atom. The lowest BCUT2D eigenvalue weighted by Crippen LogP contribution is -2.40. The Balaban J connectivity index is 1.50. The van der Waals surface area contributed by atoms with Gasteiger partial charge in [0.1, 0.15) is 5.56 Å². The molecule has 1 aliphatic heterocycles. The zero-order valence-electron chi connectivity index (χ0n) is 19.4. The number of nitrogens with zero attached hydrogens (tertiary/aromatic N) is 4. The van der Waals surface area contributed by atoms with Crippen LogP contribution in [0.5, 0.6) is 0 Å². The molecule has 1 fully saturated rings. The fraction of sp³-hybridized carbons (Fsp3) is 0.208. The Morgan fingerprint density at radius 3 is 2.45 bits per heavy atom. The topological polar surface area (TPSA) is 106 Å². The summed E-state index contributed by atoms with van der Waals surface area (Å²) in [6, 6.07) is 12.5. The lowest BCUT2D eigenvalue weighted by molar-refractivity contribution is -0.142. The Hall–Kier alpha value is -3.52. The number of amides is 1. The molecule has 0 atom stereocenters. The average Bonchev–Trinajstić information content (AvgIpc) is 3.33. The Bertz CT molecular complexity index is 1620. The number of sulfonamides is 1. The van der Waals surface area contributed by atoms with Gasteiger partial charge < -0.3 is 10.1 Å². The summed E-state index contributed by atoms with van der Waals surface area (Å²) in [4.78, 5) is 17.4. The van der Waals surface area contributed by atoms with E-state index in [0.717, 1.165) is 12.3 Å². The first-order valence-electron chi connectivity index (χ1n) is 11.3. The van der Waals surface area contributed by atoms with Gasteiger partial charge in [0.15, 0.2) is 11.3 Å². The molecule has 0 saturated carbocycles. The van der Waals surface area contributed by atoms with Gasteiger partial charge in [-0.05, 0) is 36.4 Å². The maximum Gasteiger partial charge on any atom is 0.433 e. The molecule has 1 saturated heterocycles. The van der Waals surface area contributed by atoms with E-state index < -0.39 is 27.8 Å². The van der Waals surface area contributed by atoms with Gasteiger partial charge in [-0.25, -0.2) is 17.9 Å². The maximum atomic E-state index is 13.9. The van der Waals surface area contributed by atoms with E-state index in [2.05, 4.69) is 15.4 Å². The second-order valence-electron chi connectivity index (χ2n) is 8.32. The van der Waals surface area contributed by atoms with Crippen molar-refractivity contribution in [2.45, 2.75) is 11.1 Å². The number of ether oxygens (including phenoxy) is 1. The molecular weight excluding hydrogens is 547 g/mol. The number of hydrogen-bond donors (Lipinski definition) is 1. The van der Waals surface area contributed by atoms with Crippen LogP contribution >= 0.6 is 11.6 Å². The zero-order valence-corrected chi connectivity index (χ0v) is 21.0. The molecule has 2 aromatic carbocycles. The number of morpholine rings is 1. The highest BCUT2D eigenvalue weighted by molar-refractivity contribution is 7.89. The molecule has 14 heteroatoms. The number of fused-ring (bicyclic) bond motifs is 1. The van der Waals surface area contributed by atoms with E-state index in [1.54, 1.807) is 0 Å². The van der Waals surface area contributed by atoms with E-state index in [1.165, 1.54) is 52.8 Å². The Morgan fingerprint density at radius 1 is 1.05 bits per heavy atom. The first-order valence-corrected chi connectivity index (χ1v) is 13.1. The van der Waals surface area contributed by atoms with Crippen LogP contribution in [0.15, 0.2) is 65.7 Å². The molecule has 4 aromatic rings. The molecule has 1 aliphatic rings. The van der Waals surface area contributed by atoms with Gasteiger partial charge in [-0.3, -0.25) is 4.79 Å². The van der Waals surface area contributed by atoms with Gasteiger partial charge in [0.05, 0.1) is 30.0 Å². The van der Waals surface area contributed by atoms with E-state index in [1.807, 2.05) is 0 Å². The van der Waals surface area contributed by atoms with Gasteiger partial charge in [0, 0.05) is 29.4 Å². The van der Waals surface area contributed by atoms with Crippen molar-refractivity contribution in [3.8, 4) is 11.3 Å². The van der Waals surface area contributed by atoms with E-state index in [9.17, 15) is 26.4 Å². The molecule has 5 rings (SSSR count). The molecule has 3 heterocycles. The van der Waals surface area contributed by atoms with Crippen molar-refractivity contribution in [1.82, 2.24) is 18.9 Å². The summed E-state index contributed by atoms with van der Waals surface area (Å²) >= 11 is 5.89. The molecule has 9 nitrogen and oxygen atoms in total. The molecule has 0 spiro atoms. The SMILES string of the molecule is O=C(Nc1cccc(S(=O)(=O)N2CCOCC2)c1)c1cnn2c(C(F)(F)F)cc(-c3ccc(Cl)cc3)nc12. The van der Waals surface area contributed by atoms with Crippen LogP contribution in [0.1, 0.15) is 16.1 Å². The van der Waals surface area contributed by atoms with E-state index in [4.69, 9.17) is 16.3 Å². The summed E-state index contributed by atoms with van der Waals surface area (Å²) in [6.07, 6.45) is -3.81. The fourth-order valence-electron chi connectivity index (χ4n) is 3.96. The lowest BCUT2D eigenvalue weighted by Gasteiger charge is -2.26. The summed E-state index contributed by atoms with van der Waals surface area (Å²) in [5.74, 6) is -0.810. The van der Waals surface area contributed by atoms with Crippen LogP contribution in [0.3, 0.4) is 0 Å². The van der Waals surface area contributed by atoms with Gasteiger partial charge in [-0.2, -0.15) is 22.6 Å². The molecule has 1 N–H and O–H groups in total. The minimum Gasteiger partial charge on any atom is -0.379 e. The number of halogens is 4. The smallest absolute Gasteiger partial charge is 0.379 e. The highest BCUT2D eigenvalue weighted by Crippen LogP contribution is 2.33. The number of nitrogens with one attached hydrogen (secondary N) is 1. The third-order valence-electron chi connectivity index (χ3n) is 5.85. The standard InChI is InChI=1S/C24H19ClF3N5O4S/c25-16-6-4-15(5-7-16)20-13-21(24(26,27)28)33-22(31-20)19(14-29-33)23(34)30-17-2-1-3-18(12-17)38(35,36)32-8-10-37-11-9-32/h1-7,12-14H,8-11H2,(H,30,34). The van der Waals surface area contributed by atoms with Crippen LogP contribution in [0.2, 0.25) is 5.02 Å². The first kappa shape index (κ1) is 26.1. The van der Waals surface area contributed by atoms with Crippen LogP contribution in [-0.4, -0.2) is 59.5 Å². The summed E-state index contributed by atoms with van der Waals surface area (Å²) in [5, 5.41) is 6.69. The van der Waals surface area contributed by atoms with E-state index >= 15 is 0 Å². The van der Waals surface area contributed by atoms with Crippen LogP contribution < -0.4 is 5.32 Å². The number of carbonyl (C=O) groups is 1. The van der Waals surface area contributed by atoms with Gasteiger partial charge >= 0.3 is 6.18 Å². The number of benzene rings is 2. The summed E-state index contributed by atoms with van der Waals surface area (Å²) in [6.45, 7) is 0.944. The largest absolute Gasteiger partial charge is 0.433 e. The molecule has 38 heavy (non-hydrogen) atoms. The quantitative estimate of drug-likeness (QED) is 0.386.